The first-order valence-electron chi connectivity index (χ1n) is 4.88. The normalized spacial score (nSPS) is 13.3. The number of fused-ring (bicyclic) bond motifs is 1. The summed E-state index contributed by atoms with van der Waals surface area (Å²) in [5.74, 6) is 0. The molecule has 80 valence electrons. The van der Waals surface area contributed by atoms with Crippen molar-refractivity contribution in [1.82, 2.24) is 4.98 Å². The summed E-state index contributed by atoms with van der Waals surface area (Å²) in [4.78, 5) is 5.49. The Morgan fingerprint density at radius 3 is 3.07 bits per heavy atom. The van der Waals surface area contributed by atoms with E-state index in [0.29, 0.717) is 5.15 Å². The summed E-state index contributed by atoms with van der Waals surface area (Å²) in [6, 6.07) is 5.84. The van der Waals surface area contributed by atoms with Crippen LogP contribution in [0.2, 0.25) is 5.15 Å². The molecule has 0 saturated carbocycles. The quantitative estimate of drug-likeness (QED) is 0.837. The maximum absolute atomic E-state index is 9.20. The molecule has 0 spiro atoms. The molecule has 4 heteroatoms. The van der Waals surface area contributed by atoms with Crippen LogP contribution in [0, 0.1) is 0 Å². The highest BCUT2D eigenvalue weighted by atomic mass is 35.5. The lowest BCUT2D eigenvalue weighted by atomic mass is 10.2. The van der Waals surface area contributed by atoms with Gasteiger partial charge in [0.25, 0.3) is 0 Å². The minimum atomic E-state index is -0.244. The molecule has 0 aliphatic carbocycles. The highest BCUT2D eigenvalue weighted by Gasteiger charge is 2.04. The molecule has 0 aliphatic heterocycles. The molecule has 2 heterocycles. The van der Waals surface area contributed by atoms with Gasteiger partial charge in [-0.05, 0) is 38.0 Å². The number of hydrogen-bond acceptors (Lipinski definition) is 3. The molecular weight excluding hydrogens is 230 g/mol. The molecule has 0 aromatic carbocycles. The first-order valence-corrected chi connectivity index (χ1v) is 6.07. The summed E-state index contributed by atoms with van der Waals surface area (Å²) in [5.41, 5.74) is 0.952. The number of aliphatic hydroxyl groups excluding tert-OH is 1. The van der Waals surface area contributed by atoms with Crippen molar-refractivity contribution in [3.05, 3.63) is 28.2 Å². The molecule has 0 bridgehead atoms. The number of halogens is 1. The Kier molecular flexibility index (Phi) is 3.24. The van der Waals surface area contributed by atoms with E-state index < -0.39 is 0 Å². The van der Waals surface area contributed by atoms with Gasteiger partial charge in [-0.1, -0.05) is 11.6 Å². The van der Waals surface area contributed by atoms with Gasteiger partial charge in [-0.3, -0.25) is 0 Å². The SMILES string of the molecule is CC(O)CCc1cc2nc(Cl)ccc2s1. The van der Waals surface area contributed by atoms with Crippen LogP contribution in [0.25, 0.3) is 10.2 Å². The Bertz CT molecular complexity index is 467. The van der Waals surface area contributed by atoms with Crippen molar-refractivity contribution in [1.29, 1.82) is 0 Å². The number of rotatable bonds is 3. The molecule has 0 saturated heterocycles. The summed E-state index contributed by atoms with van der Waals surface area (Å²) in [7, 11) is 0. The van der Waals surface area contributed by atoms with Gasteiger partial charge in [0.05, 0.1) is 16.3 Å². The first-order chi connectivity index (χ1) is 7.15. The molecular formula is C11H12ClNOS. The van der Waals surface area contributed by atoms with Gasteiger partial charge in [0, 0.05) is 4.88 Å². The molecule has 0 radical (unpaired) electrons. The molecule has 0 aliphatic rings. The fourth-order valence-corrected chi connectivity index (χ4v) is 2.60. The Morgan fingerprint density at radius 2 is 2.33 bits per heavy atom. The van der Waals surface area contributed by atoms with Gasteiger partial charge in [0.15, 0.2) is 0 Å². The first kappa shape index (κ1) is 10.9. The fourth-order valence-electron chi connectivity index (χ4n) is 1.42. The maximum atomic E-state index is 9.20. The fraction of sp³-hybridized carbons (Fsp3) is 0.364. The smallest absolute Gasteiger partial charge is 0.129 e. The van der Waals surface area contributed by atoms with E-state index in [1.165, 1.54) is 4.88 Å². The van der Waals surface area contributed by atoms with Gasteiger partial charge in [0.2, 0.25) is 0 Å². The predicted molar refractivity (Wildman–Crippen MR) is 64.6 cm³/mol. The number of thiophene rings is 1. The minimum Gasteiger partial charge on any atom is -0.393 e. The topological polar surface area (TPSA) is 33.1 Å². The summed E-state index contributed by atoms with van der Waals surface area (Å²) < 4.78 is 1.15. The molecule has 2 nitrogen and oxygen atoms in total. The number of aliphatic hydroxyl groups is 1. The average molecular weight is 242 g/mol. The molecule has 2 rings (SSSR count). The molecule has 2 aromatic heterocycles. The second kappa shape index (κ2) is 4.47. The number of aromatic nitrogens is 1. The summed E-state index contributed by atoms with van der Waals surface area (Å²) >= 11 is 7.52. The van der Waals surface area contributed by atoms with E-state index in [-0.39, 0.29) is 6.10 Å². The zero-order chi connectivity index (χ0) is 10.8. The van der Waals surface area contributed by atoms with Gasteiger partial charge in [-0.2, -0.15) is 0 Å². The van der Waals surface area contributed by atoms with Crippen molar-refractivity contribution in [2.45, 2.75) is 25.9 Å². The van der Waals surface area contributed by atoms with Gasteiger partial charge in [-0.15, -0.1) is 11.3 Å². The van der Waals surface area contributed by atoms with E-state index in [1.54, 1.807) is 17.4 Å². The average Bonchev–Trinajstić information content (AvgIpc) is 2.56. The van der Waals surface area contributed by atoms with Gasteiger partial charge >= 0.3 is 0 Å². The largest absolute Gasteiger partial charge is 0.393 e. The van der Waals surface area contributed by atoms with Crippen LogP contribution in [0.1, 0.15) is 18.2 Å². The second-order valence-electron chi connectivity index (χ2n) is 3.62. The number of nitrogens with zero attached hydrogens (tertiary/aromatic N) is 1. The van der Waals surface area contributed by atoms with Crippen molar-refractivity contribution < 1.29 is 5.11 Å². The van der Waals surface area contributed by atoms with Crippen molar-refractivity contribution in [3.8, 4) is 0 Å². The summed E-state index contributed by atoms with van der Waals surface area (Å²) in [5, 5.41) is 9.73. The predicted octanol–water partition coefficient (Wildman–Crippen LogP) is 3.26. The van der Waals surface area contributed by atoms with Crippen LogP contribution in [-0.2, 0) is 6.42 Å². The highest BCUT2D eigenvalue weighted by molar-refractivity contribution is 7.19. The van der Waals surface area contributed by atoms with Crippen LogP contribution < -0.4 is 0 Å². The second-order valence-corrected chi connectivity index (χ2v) is 5.17. The van der Waals surface area contributed by atoms with Crippen LogP contribution >= 0.6 is 22.9 Å². The van der Waals surface area contributed by atoms with Crippen LogP contribution in [-0.4, -0.2) is 16.2 Å². The molecule has 0 amide bonds. The monoisotopic (exact) mass is 241 g/mol. The summed E-state index contributed by atoms with van der Waals surface area (Å²) in [6.45, 7) is 1.81. The van der Waals surface area contributed by atoms with Crippen LogP contribution in [0.5, 0.6) is 0 Å². The van der Waals surface area contributed by atoms with E-state index in [2.05, 4.69) is 4.98 Å². The highest BCUT2D eigenvalue weighted by Crippen LogP contribution is 2.26. The number of aryl methyl sites for hydroxylation is 1. The zero-order valence-corrected chi connectivity index (χ0v) is 9.98. The lowest BCUT2D eigenvalue weighted by molar-refractivity contribution is 0.185. The zero-order valence-electron chi connectivity index (χ0n) is 8.40. The van der Waals surface area contributed by atoms with Crippen LogP contribution in [0.3, 0.4) is 0 Å². The lowest BCUT2D eigenvalue weighted by Gasteiger charge is -1.99. The van der Waals surface area contributed by atoms with Crippen LogP contribution in [0.15, 0.2) is 18.2 Å². The molecule has 1 unspecified atom stereocenters. The number of pyridine rings is 1. The molecule has 1 N–H and O–H groups in total. The Morgan fingerprint density at radius 1 is 1.53 bits per heavy atom. The van der Waals surface area contributed by atoms with Crippen molar-refractivity contribution in [2.75, 3.05) is 0 Å². The van der Waals surface area contributed by atoms with Gasteiger partial charge < -0.3 is 5.11 Å². The van der Waals surface area contributed by atoms with Crippen molar-refractivity contribution in [3.63, 3.8) is 0 Å². The van der Waals surface area contributed by atoms with E-state index in [1.807, 2.05) is 19.1 Å². The maximum Gasteiger partial charge on any atom is 0.129 e. The summed E-state index contributed by atoms with van der Waals surface area (Å²) in [6.07, 6.45) is 1.45. The van der Waals surface area contributed by atoms with Gasteiger partial charge in [-0.25, -0.2) is 4.98 Å². The Hall–Kier alpha value is -0.640. The lowest BCUT2D eigenvalue weighted by Crippen LogP contribution is -1.99. The van der Waals surface area contributed by atoms with E-state index in [4.69, 9.17) is 11.6 Å². The Balaban J connectivity index is 2.23. The van der Waals surface area contributed by atoms with Crippen molar-refractivity contribution in [2.24, 2.45) is 0 Å². The number of hydrogen-bond donors (Lipinski definition) is 1. The van der Waals surface area contributed by atoms with E-state index >= 15 is 0 Å². The van der Waals surface area contributed by atoms with Crippen molar-refractivity contribution >= 4 is 33.2 Å². The molecule has 15 heavy (non-hydrogen) atoms. The molecule has 1 atom stereocenters. The molecule has 2 aromatic rings. The van der Waals surface area contributed by atoms with Gasteiger partial charge in [0.1, 0.15) is 5.15 Å². The third kappa shape index (κ3) is 2.68. The van der Waals surface area contributed by atoms with E-state index in [0.717, 1.165) is 23.1 Å². The third-order valence-electron chi connectivity index (χ3n) is 2.20. The van der Waals surface area contributed by atoms with Crippen LogP contribution in [0.4, 0.5) is 0 Å². The van der Waals surface area contributed by atoms with E-state index in [9.17, 15) is 5.11 Å². The Labute approximate surface area is 97.5 Å². The minimum absolute atomic E-state index is 0.244. The molecule has 0 fully saturated rings. The standard InChI is InChI=1S/C11H12ClNOS/c1-7(14)2-3-8-6-9-10(15-8)4-5-11(12)13-9/h4-7,14H,2-3H2,1H3. The third-order valence-corrected chi connectivity index (χ3v) is 3.56.